The molecule has 6 heteroatoms. The van der Waals surface area contributed by atoms with Crippen LogP contribution in [0.4, 0.5) is 11.4 Å². The minimum absolute atomic E-state index is 0.107. The van der Waals surface area contributed by atoms with E-state index < -0.39 is 5.91 Å². The van der Waals surface area contributed by atoms with Crippen molar-refractivity contribution in [3.05, 3.63) is 47.5 Å². The summed E-state index contributed by atoms with van der Waals surface area (Å²) in [5.41, 5.74) is 1.33. The molecule has 0 radical (unpaired) electrons. The van der Waals surface area contributed by atoms with E-state index in [1.54, 1.807) is 27.0 Å². The lowest BCUT2D eigenvalue weighted by molar-refractivity contribution is 0.0936. The van der Waals surface area contributed by atoms with E-state index in [0.29, 0.717) is 11.4 Å². The van der Waals surface area contributed by atoms with Gasteiger partial charge < -0.3 is 20.8 Å². The molecular weight excluding hydrogens is 308 g/mol. The van der Waals surface area contributed by atoms with Gasteiger partial charge in [0.05, 0.1) is 11.1 Å². The van der Waals surface area contributed by atoms with Crippen LogP contribution in [0.3, 0.4) is 0 Å². The fourth-order valence-corrected chi connectivity index (χ4v) is 2.21. The number of hydrogen-bond donors (Lipinski definition) is 4. The van der Waals surface area contributed by atoms with Crippen LogP contribution in [0, 0.1) is 5.92 Å². The first-order valence-electron chi connectivity index (χ1n) is 7.52. The quantitative estimate of drug-likeness (QED) is 0.632. The molecule has 0 saturated carbocycles. The lowest BCUT2D eigenvalue weighted by Crippen LogP contribution is -2.13. The highest BCUT2D eigenvalue weighted by atomic mass is 16.3. The zero-order chi connectivity index (χ0) is 17.9. The van der Waals surface area contributed by atoms with Crippen molar-refractivity contribution in [3.63, 3.8) is 0 Å². The van der Waals surface area contributed by atoms with Crippen LogP contribution in [0.2, 0.25) is 0 Å². The maximum absolute atomic E-state index is 12.2. The van der Waals surface area contributed by atoms with E-state index in [2.05, 4.69) is 10.6 Å². The van der Waals surface area contributed by atoms with Gasteiger partial charge in [0.15, 0.2) is 5.78 Å². The number of benzene rings is 2. The first-order valence-corrected chi connectivity index (χ1v) is 7.52. The van der Waals surface area contributed by atoms with E-state index in [-0.39, 0.29) is 34.3 Å². The maximum Gasteiger partial charge on any atom is 0.259 e. The van der Waals surface area contributed by atoms with Crippen LogP contribution in [0.25, 0.3) is 0 Å². The van der Waals surface area contributed by atoms with Crippen molar-refractivity contribution >= 4 is 23.1 Å². The first-order chi connectivity index (χ1) is 11.3. The molecule has 0 aromatic heterocycles. The average Bonchev–Trinajstić information content (AvgIpc) is 2.53. The van der Waals surface area contributed by atoms with Crippen LogP contribution in [0.5, 0.6) is 11.5 Å². The number of rotatable bonds is 5. The van der Waals surface area contributed by atoms with Crippen LogP contribution in [-0.2, 0) is 0 Å². The Morgan fingerprint density at radius 3 is 2.00 bits per heavy atom. The van der Waals surface area contributed by atoms with Crippen molar-refractivity contribution in [2.75, 3.05) is 17.7 Å². The molecule has 126 valence electrons. The molecule has 4 N–H and O–H groups in total. The van der Waals surface area contributed by atoms with Crippen LogP contribution in [0.1, 0.15) is 34.6 Å². The molecule has 2 aromatic rings. The van der Waals surface area contributed by atoms with Crippen molar-refractivity contribution in [3.8, 4) is 11.5 Å². The normalized spacial score (nSPS) is 10.5. The van der Waals surface area contributed by atoms with Crippen LogP contribution < -0.4 is 10.6 Å². The molecule has 0 spiro atoms. The number of phenolic OH excluding ortho intramolecular Hbond substituents is 2. The first kappa shape index (κ1) is 17.3. The van der Waals surface area contributed by atoms with E-state index in [9.17, 15) is 19.8 Å². The highest BCUT2D eigenvalue weighted by Crippen LogP contribution is 2.26. The summed E-state index contributed by atoms with van der Waals surface area (Å²) in [6, 6.07) is 8.91. The summed E-state index contributed by atoms with van der Waals surface area (Å²) in [6.07, 6.45) is 0. The Kier molecular flexibility index (Phi) is 5.08. The summed E-state index contributed by atoms with van der Waals surface area (Å²) in [5.74, 6) is -1.28. The van der Waals surface area contributed by atoms with Crippen molar-refractivity contribution in [2.45, 2.75) is 13.8 Å². The summed E-state index contributed by atoms with van der Waals surface area (Å²) in [4.78, 5) is 24.2. The minimum Gasteiger partial charge on any atom is -0.507 e. The summed E-state index contributed by atoms with van der Waals surface area (Å²) in [5, 5.41) is 25.3. The van der Waals surface area contributed by atoms with Crippen molar-refractivity contribution < 1.29 is 19.8 Å². The fraction of sp³-hybridized carbons (Fsp3) is 0.222. The van der Waals surface area contributed by atoms with Crippen LogP contribution in [-0.4, -0.2) is 29.0 Å². The number of nitrogens with one attached hydrogen (secondary N) is 2. The number of amides is 1. The molecule has 1 amide bonds. The van der Waals surface area contributed by atoms with Gasteiger partial charge in [-0.2, -0.15) is 0 Å². The number of phenols is 2. The molecule has 0 saturated heterocycles. The van der Waals surface area contributed by atoms with Gasteiger partial charge in [-0.3, -0.25) is 9.59 Å². The zero-order valence-electron chi connectivity index (χ0n) is 13.8. The van der Waals surface area contributed by atoms with Gasteiger partial charge in [-0.1, -0.05) is 13.8 Å². The van der Waals surface area contributed by atoms with Gasteiger partial charge >= 0.3 is 0 Å². The van der Waals surface area contributed by atoms with Gasteiger partial charge in [0.1, 0.15) is 11.5 Å². The summed E-state index contributed by atoms with van der Waals surface area (Å²) >= 11 is 0. The summed E-state index contributed by atoms with van der Waals surface area (Å²) in [7, 11) is 1.71. The molecule has 2 aromatic carbocycles. The van der Waals surface area contributed by atoms with Gasteiger partial charge in [0.2, 0.25) is 0 Å². The molecule has 0 fully saturated rings. The number of aromatic hydroxyl groups is 2. The van der Waals surface area contributed by atoms with E-state index >= 15 is 0 Å². The molecule has 0 aliphatic carbocycles. The SMILES string of the molecule is CNc1ccc(C(=O)Nc2ccc(C(=O)C(C)C)c(O)c2)c(O)c1. The molecule has 2 rings (SSSR count). The Balaban J connectivity index is 2.21. The van der Waals surface area contributed by atoms with Gasteiger partial charge in [-0.25, -0.2) is 0 Å². The third-order valence-electron chi connectivity index (χ3n) is 3.58. The monoisotopic (exact) mass is 328 g/mol. The second kappa shape index (κ2) is 7.04. The minimum atomic E-state index is -0.516. The Labute approximate surface area is 140 Å². The molecule has 0 heterocycles. The zero-order valence-corrected chi connectivity index (χ0v) is 13.8. The number of carbonyl (C=O) groups is 2. The van der Waals surface area contributed by atoms with E-state index in [1.165, 1.54) is 30.3 Å². The molecule has 0 unspecified atom stereocenters. The lowest BCUT2D eigenvalue weighted by Gasteiger charge is -2.11. The average molecular weight is 328 g/mol. The predicted octanol–water partition coefficient (Wildman–Crippen LogP) is 3.23. The summed E-state index contributed by atoms with van der Waals surface area (Å²) < 4.78 is 0. The van der Waals surface area contributed by atoms with E-state index in [1.807, 2.05) is 0 Å². The lowest BCUT2D eigenvalue weighted by atomic mass is 10.00. The van der Waals surface area contributed by atoms with Crippen molar-refractivity contribution in [1.29, 1.82) is 0 Å². The smallest absolute Gasteiger partial charge is 0.259 e. The van der Waals surface area contributed by atoms with E-state index in [4.69, 9.17) is 0 Å². The van der Waals surface area contributed by atoms with Gasteiger partial charge in [0, 0.05) is 36.5 Å². The van der Waals surface area contributed by atoms with Gasteiger partial charge in [0.25, 0.3) is 5.91 Å². The Morgan fingerprint density at radius 2 is 1.46 bits per heavy atom. The highest BCUT2D eigenvalue weighted by molar-refractivity contribution is 6.07. The molecule has 6 nitrogen and oxygen atoms in total. The second-order valence-electron chi connectivity index (χ2n) is 5.69. The number of anilines is 2. The molecule has 0 aliphatic rings. The standard InChI is InChI=1S/C18H20N2O4/c1-10(2)17(23)13-6-5-12(9-15(13)21)20-18(24)14-7-4-11(19-3)8-16(14)22/h4-10,19,21-22H,1-3H3,(H,20,24). The number of Topliss-reactive ketones (excluding diaryl/α,β-unsaturated/α-hetero) is 1. The highest BCUT2D eigenvalue weighted by Gasteiger charge is 2.16. The molecule has 0 atom stereocenters. The molecule has 24 heavy (non-hydrogen) atoms. The Hall–Kier alpha value is -3.02. The Bertz CT molecular complexity index is 785. The van der Waals surface area contributed by atoms with Crippen LogP contribution >= 0.6 is 0 Å². The number of ketones is 1. The van der Waals surface area contributed by atoms with Gasteiger partial charge in [-0.05, 0) is 24.3 Å². The fourth-order valence-electron chi connectivity index (χ4n) is 2.21. The third kappa shape index (κ3) is 3.65. The molecule has 0 aliphatic heterocycles. The van der Waals surface area contributed by atoms with Gasteiger partial charge in [-0.15, -0.1) is 0 Å². The number of carbonyl (C=O) groups excluding carboxylic acids is 2. The van der Waals surface area contributed by atoms with E-state index in [0.717, 1.165) is 0 Å². The van der Waals surface area contributed by atoms with Crippen molar-refractivity contribution in [1.82, 2.24) is 0 Å². The Morgan fingerprint density at radius 1 is 0.917 bits per heavy atom. The predicted molar refractivity (Wildman–Crippen MR) is 92.9 cm³/mol. The number of hydrogen-bond acceptors (Lipinski definition) is 5. The summed E-state index contributed by atoms with van der Waals surface area (Å²) in [6.45, 7) is 3.49. The third-order valence-corrected chi connectivity index (χ3v) is 3.58. The van der Waals surface area contributed by atoms with Crippen molar-refractivity contribution in [2.24, 2.45) is 5.92 Å². The van der Waals surface area contributed by atoms with Crippen LogP contribution in [0.15, 0.2) is 36.4 Å². The molecular formula is C18H20N2O4. The molecule has 0 bridgehead atoms. The topological polar surface area (TPSA) is 98.7 Å². The largest absolute Gasteiger partial charge is 0.507 e. The second-order valence-corrected chi connectivity index (χ2v) is 5.69. The maximum atomic E-state index is 12.2.